The van der Waals surface area contributed by atoms with E-state index < -0.39 is 11.6 Å². The molecule has 0 radical (unpaired) electrons. The van der Waals surface area contributed by atoms with Crippen molar-refractivity contribution in [3.05, 3.63) is 53.6 Å². The number of ether oxygens (including phenoxy) is 1. The third-order valence-corrected chi connectivity index (χ3v) is 8.79. The average Bonchev–Trinajstić information content (AvgIpc) is 2.86. The zero-order chi connectivity index (χ0) is 24.0. The van der Waals surface area contributed by atoms with Crippen molar-refractivity contribution in [2.24, 2.45) is 5.41 Å². The summed E-state index contributed by atoms with van der Waals surface area (Å²) in [6, 6.07) is 11.3. The highest BCUT2D eigenvalue weighted by Crippen LogP contribution is 2.59. The second-order valence-corrected chi connectivity index (χ2v) is 11.0. The van der Waals surface area contributed by atoms with Crippen LogP contribution in [0.5, 0.6) is 5.75 Å². The highest BCUT2D eigenvalue weighted by atomic mass is 19.1. The van der Waals surface area contributed by atoms with Gasteiger partial charge in [-0.05, 0) is 91.0 Å². The lowest BCUT2D eigenvalue weighted by Gasteiger charge is -2.54. The molecule has 0 spiro atoms. The fraction of sp³-hybridized carbons (Fsp3) is 0.613. The molecule has 5 rings (SSSR count). The SMILES string of the molecule is CCCCCCOc1c(F)cc(-c2ccc(C34CCC(CCCCC)(CC3)CC4)cc2)cc1F. The third kappa shape index (κ3) is 5.50. The van der Waals surface area contributed by atoms with E-state index in [-0.39, 0.29) is 5.75 Å². The van der Waals surface area contributed by atoms with Crippen molar-refractivity contribution in [3.63, 3.8) is 0 Å². The van der Waals surface area contributed by atoms with Gasteiger partial charge in [0.25, 0.3) is 0 Å². The normalized spacial score (nSPS) is 23.9. The fourth-order valence-corrected chi connectivity index (χ4v) is 6.41. The fourth-order valence-electron chi connectivity index (χ4n) is 6.41. The van der Waals surface area contributed by atoms with Crippen LogP contribution in [0.25, 0.3) is 11.1 Å². The van der Waals surface area contributed by atoms with Gasteiger partial charge in [0.2, 0.25) is 0 Å². The summed E-state index contributed by atoms with van der Waals surface area (Å²) in [5, 5.41) is 0. The largest absolute Gasteiger partial charge is 0.488 e. The lowest BCUT2D eigenvalue weighted by molar-refractivity contribution is 0.0305. The molecule has 0 aliphatic heterocycles. The summed E-state index contributed by atoms with van der Waals surface area (Å²) in [6.07, 6.45) is 17.4. The molecule has 1 nitrogen and oxygen atoms in total. The van der Waals surface area contributed by atoms with Gasteiger partial charge in [-0.1, -0.05) is 76.6 Å². The molecule has 0 saturated heterocycles. The summed E-state index contributed by atoms with van der Waals surface area (Å²) in [6.45, 7) is 4.77. The van der Waals surface area contributed by atoms with Crippen molar-refractivity contribution in [1.29, 1.82) is 0 Å². The van der Waals surface area contributed by atoms with Gasteiger partial charge >= 0.3 is 0 Å². The Hall–Kier alpha value is -1.90. The number of fused-ring (bicyclic) bond motifs is 3. The van der Waals surface area contributed by atoms with Crippen molar-refractivity contribution in [3.8, 4) is 16.9 Å². The number of unbranched alkanes of at least 4 members (excludes halogenated alkanes) is 5. The maximum absolute atomic E-state index is 14.6. The van der Waals surface area contributed by atoms with Crippen molar-refractivity contribution in [2.45, 2.75) is 109 Å². The molecule has 0 N–H and O–H groups in total. The quantitative estimate of drug-likeness (QED) is 0.282. The topological polar surface area (TPSA) is 9.23 Å². The molecular formula is C31H42F2O. The van der Waals surface area contributed by atoms with E-state index in [1.54, 1.807) is 0 Å². The summed E-state index contributed by atoms with van der Waals surface area (Å²) < 4.78 is 34.7. The number of hydrogen-bond donors (Lipinski definition) is 0. The smallest absolute Gasteiger partial charge is 0.190 e. The first-order valence-electron chi connectivity index (χ1n) is 13.7. The molecule has 2 aromatic rings. The molecule has 186 valence electrons. The van der Waals surface area contributed by atoms with E-state index in [0.717, 1.165) is 31.2 Å². The van der Waals surface area contributed by atoms with Crippen molar-refractivity contribution in [1.82, 2.24) is 0 Å². The standard InChI is InChI=1S/C31H42F2O/c1-3-5-7-9-21-34-29-27(32)22-25(23-28(29)33)24-10-12-26(13-11-24)31-18-15-30(16-19-31,17-20-31)14-8-6-4-2/h10-13,22-23H,3-9,14-21H2,1-2H3. The maximum atomic E-state index is 14.6. The molecule has 0 heterocycles. The zero-order valence-electron chi connectivity index (χ0n) is 21.2. The highest BCUT2D eigenvalue weighted by Gasteiger charge is 2.48. The van der Waals surface area contributed by atoms with Gasteiger partial charge in [-0.3, -0.25) is 0 Å². The molecule has 0 atom stereocenters. The predicted molar refractivity (Wildman–Crippen MR) is 137 cm³/mol. The van der Waals surface area contributed by atoms with Crippen LogP contribution in [0.2, 0.25) is 0 Å². The number of rotatable bonds is 12. The second kappa shape index (κ2) is 11.2. The maximum Gasteiger partial charge on any atom is 0.190 e. The van der Waals surface area contributed by atoms with Crippen LogP contribution in [-0.4, -0.2) is 6.61 Å². The van der Waals surface area contributed by atoms with Gasteiger partial charge in [-0.25, -0.2) is 8.78 Å². The van der Waals surface area contributed by atoms with Crippen molar-refractivity contribution < 1.29 is 13.5 Å². The van der Waals surface area contributed by atoms with Crippen LogP contribution in [0.4, 0.5) is 8.78 Å². The van der Waals surface area contributed by atoms with Crippen LogP contribution in [0.3, 0.4) is 0 Å². The molecular weight excluding hydrogens is 426 g/mol. The first-order chi connectivity index (χ1) is 16.5. The molecule has 3 saturated carbocycles. The molecule has 3 fully saturated rings. The van der Waals surface area contributed by atoms with Crippen molar-refractivity contribution in [2.75, 3.05) is 6.61 Å². The van der Waals surface area contributed by atoms with E-state index >= 15 is 0 Å². The van der Waals surface area contributed by atoms with E-state index in [2.05, 4.69) is 26.0 Å². The molecule has 2 bridgehead atoms. The van der Waals surface area contributed by atoms with Crippen LogP contribution in [-0.2, 0) is 5.41 Å². The molecule has 0 unspecified atom stereocenters. The lowest BCUT2D eigenvalue weighted by atomic mass is 9.51. The first kappa shape index (κ1) is 25.2. The Bertz CT molecular complexity index is 885. The van der Waals surface area contributed by atoms with Crippen LogP contribution >= 0.6 is 0 Å². The monoisotopic (exact) mass is 468 g/mol. The minimum absolute atomic E-state index is 0.248. The van der Waals surface area contributed by atoms with Gasteiger partial charge in [-0.15, -0.1) is 0 Å². The Kier molecular flexibility index (Phi) is 8.32. The Morgan fingerprint density at radius 2 is 1.29 bits per heavy atom. The van der Waals surface area contributed by atoms with Crippen LogP contribution in [0.1, 0.15) is 109 Å². The van der Waals surface area contributed by atoms with Gasteiger partial charge in [0.1, 0.15) is 0 Å². The van der Waals surface area contributed by atoms with Gasteiger partial charge < -0.3 is 4.74 Å². The zero-order valence-corrected chi connectivity index (χ0v) is 21.2. The summed E-state index contributed by atoms with van der Waals surface area (Å²) >= 11 is 0. The van der Waals surface area contributed by atoms with E-state index in [9.17, 15) is 8.78 Å². The molecule has 2 aromatic carbocycles. The van der Waals surface area contributed by atoms with Crippen molar-refractivity contribution >= 4 is 0 Å². The summed E-state index contributed by atoms with van der Waals surface area (Å²) in [7, 11) is 0. The summed E-state index contributed by atoms with van der Waals surface area (Å²) in [5.41, 5.74) is 3.74. The molecule has 34 heavy (non-hydrogen) atoms. The number of benzene rings is 2. The highest BCUT2D eigenvalue weighted by molar-refractivity contribution is 5.65. The predicted octanol–water partition coefficient (Wildman–Crippen LogP) is 9.76. The van der Waals surface area contributed by atoms with Gasteiger partial charge in [-0.2, -0.15) is 0 Å². The Labute approximate surface area is 205 Å². The minimum atomic E-state index is -0.618. The van der Waals surface area contributed by atoms with Crippen LogP contribution in [0, 0.1) is 17.0 Å². The lowest BCUT2D eigenvalue weighted by Crippen LogP contribution is -2.44. The number of hydrogen-bond acceptors (Lipinski definition) is 1. The first-order valence-corrected chi connectivity index (χ1v) is 13.7. The average molecular weight is 469 g/mol. The molecule has 3 heteroatoms. The van der Waals surface area contributed by atoms with Gasteiger partial charge in [0, 0.05) is 0 Å². The van der Waals surface area contributed by atoms with E-state index in [1.165, 1.54) is 81.9 Å². The molecule has 0 amide bonds. The Morgan fingerprint density at radius 1 is 0.706 bits per heavy atom. The number of halogens is 2. The minimum Gasteiger partial charge on any atom is -0.488 e. The van der Waals surface area contributed by atoms with Gasteiger partial charge in [0.05, 0.1) is 6.61 Å². The molecule has 3 aliphatic carbocycles. The van der Waals surface area contributed by atoms with Crippen LogP contribution < -0.4 is 4.74 Å². The third-order valence-electron chi connectivity index (χ3n) is 8.79. The Balaban J connectivity index is 1.40. The molecule has 0 aromatic heterocycles. The Morgan fingerprint density at radius 3 is 1.88 bits per heavy atom. The summed E-state index contributed by atoms with van der Waals surface area (Å²) in [4.78, 5) is 0. The summed E-state index contributed by atoms with van der Waals surface area (Å²) in [5.74, 6) is -1.48. The van der Waals surface area contributed by atoms with E-state index in [1.807, 2.05) is 12.1 Å². The van der Waals surface area contributed by atoms with E-state index in [0.29, 0.717) is 23.0 Å². The van der Waals surface area contributed by atoms with E-state index in [4.69, 9.17) is 4.74 Å². The van der Waals surface area contributed by atoms with Crippen LogP contribution in [0.15, 0.2) is 36.4 Å². The van der Waals surface area contributed by atoms with Gasteiger partial charge in [0.15, 0.2) is 17.4 Å². The molecule has 3 aliphatic rings. The second-order valence-electron chi connectivity index (χ2n) is 11.0.